The SMILES string of the molecule is CCCCCCCCCCCCCCc1cc(C)cc(C)[n+]1CCCNCCCCNCCC[n+]1c(C)cc(C)cc1CCCCCCCCCCCCCC. The second-order valence-electron chi connectivity index (χ2n) is 17.8. The maximum atomic E-state index is 3.74. The van der Waals surface area contributed by atoms with E-state index in [1.165, 1.54) is 215 Å². The van der Waals surface area contributed by atoms with Gasteiger partial charge in [-0.1, -0.05) is 155 Å². The van der Waals surface area contributed by atoms with Crippen LogP contribution < -0.4 is 19.8 Å². The molecule has 0 aliphatic rings. The quantitative estimate of drug-likeness (QED) is 0.0523. The van der Waals surface area contributed by atoms with E-state index < -0.39 is 0 Å². The van der Waals surface area contributed by atoms with Crippen LogP contribution in [0.2, 0.25) is 0 Å². The van der Waals surface area contributed by atoms with Crippen LogP contribution in [0, 0.1) is 27.7 Å². The Kier molecular flexibility index (Phi) is 31.6. The van der Waals surface area contributed by atoms with Crippen molar-refractivity contribution < 1.29 is 9.13 Å². The van der Waals surface area contributed by atoms with E-state index in [4.69, 9.17) is 0 Å². The van der Waals surface area contributed by atoms with Gasteiger partial charge in [0.2, 0.25) is 0 Å². The van der Waals surface area contributed by atoms with Crippen molar-refractivity contribution in [2.24, 2.45) is 0 Å². The Morgan fingerprint density at radius 3 is 0.946 bits per heavy atom. The van der Waals surface area contributed by atoms with Crippen LogP contribution in [0.4, 0.5) is 0 Å². The number of hydrogen-bond donors (Lipinski definition) is 2. The summed E-state index contributed by atoms with van der Waals surface area (Å²) >= 11 is 0. The summed E-state index contributed by atoms with van der Waals surface area (Å²) < 4.78 is 5.21. The number of unbranched alkanes of at least 4 members (excludes halogenated alkanes) is 23. The first-order valence-electron chi connectivity index (χ1n) is 24.9. The van der Waals surface area contributed by atoms with E-state index in [0.29, 0.717) is 0 Å². The monoisotopic (exact) mass is 777 g/mol. The molecule has 2 aromatic rings. The smallest absolute Gasteiger partial charge is 0.181 e. The minimum absolute atomic E-state index is 1.11. The highest BCUT2D eigenvalue weighted by molar-refractivity contribution is 5.15. The second-order valence-corrected chi connectivity index (χ2v) is 17.8. The average Bonchev–Trinajstić information content (AvgIpc) is 3.17. The van der Waals surface area contributed by atoms with E-state index in [2.05, 4.69) is 85.6 Å². The van der Waals surface area contributed by atoms with Gasteiger partial charge in [0.15, 0.2) is 22.8 Å². The molecule has 0 bridgehead atoms. The lowest BCUT2D eigenvalue weighted by molar-refractivity contribution is -0.710. The van der Waals surface area contributed by atoms with E-state index in [1.807, 2.05) is 0 Å². The third kappa shape index (κ3) is 25.6. The van der Waals surface area contributed by atoms with Crippen molar-refractivity contribution in [3.8, 4) is 0 Å². The van der Waals surface area contributed by atoms with Gasteiger partial charge in [-0.2, -0.15) is 9.13 Å². The molecule has 0 spiro atoms. The molecule has 2 N–H and O–H groups in total. The summed E-state index contributed by atoms with van der Waals surface area (Å²) in [7, 11) is 0. The maximum absolute atomic E-state index is 3.74. The van der Waals surface area contributed by atoms with Gasteiger partial charge >= 0.3 is 0 Å². The molecule has 322 valence electrons. The molecule has 2 aromatic heterocycles. The van der Waals surface area contributed by atoms with Crippen LogP contribution in [0.5, 0.6) is 0 Å². The van der Waals surface area contributed by atoms with Gasteiger partial charge in [-0.05, 0) is 63.7 Å². The molecule has 0 fully saturated rings. The summed E-state index contributed by atoms with van der Waals surface area (Å²) in [5.41, 5.74) is 8.78. The van der Waals surface area contributed by atoms with Gasteiger partial charge < -0.3 is 10.6 Å². The fraction of sp³-hybridized carbons (Fsp3) is 0.808. The van der Waals surface area contributed by atoms with Crippen LogP contribution in [-0.2, 0) is 25.9 Å². The largest absolute Gasteiger partial charge is 0.316 e. The summed E-state index contributed by atoms with van der Waals surface area (Å²) in [5.74, 6) is 0. The number of nitrogens with zero attached hydrogens (tertiary/aromatic N) is 2. The van der Waals surface area contributed by atoms with Gasteiger partial charge in [-0.3, -0.25) is 0 Å². The average molecular weight is 777 g/mol. The minimum Gasteiger partial charge on any atom is -0.316 e. The van der Waals surface area contributed by atoms with Crippen molar-refractivity contribution in [3.63, 3.8) is 0 Å². The van der Waals surface area contributed by atoms with Gasteiger partial charge in [-0.15, -0.1) is 0 Å². The van der Waals surface area contributed by atoms with Crippen molar-refractivity contribution in [1.82, 2.24) is 10.6 Å². The van der Waals surface area contributed by atoms with Gasteiger partial charge in [-0.25, -0.2) is 0 Å². The Balaban J connectivity index is 1.51. The zero-order chi connectivity index (χ0) is 40.3. The Labute approximate surface area is 350 Å². The van der Waals surface area contributed by atoms with Crippen LogP contribution in [-0.4, -0.2) is 26.2 Å². The van der Waals surface area contributed by atoms with Gasteiger partial charge in [0.05, 0.1) is 0 Å². The summed E-state index contributed by atoms with van der Waals surface area (Å²) in [5, 5.41) is 7.48. The number of aromatic nitrogens is 2. The molecule has 56 heavy (non-hydrogen) atoms. The van der Waals surface area contributed by atoms with Crippen LogP contribution in [0.15, 0.2) is 24.3 Å². The molecule has 0 radical (unpaired) electrons. The first kappa shape index (κ1) is 50.4. The predicted octanol–water partition coefficient (Wildman–Crippen LogP) is 13.4. The Bertz CT molecular complexity index is 1110. The molecule has 2 heterocycles. The number of rotatable bonds is 39. The molecule has 4 heteroatoms. The highest BCUT2D eigenvalue weighted by Gasteiger charge is 2.16. The first-order chi connectivity index (χ1) is 27.5. The number of hydrogen-bond acceptors (Lipinski definition) is 2. The van der Waals surface area contributed by atoms with Gasteiger partial charge in [0.25, 0.3) is 0 Å². The van der Waals surface area contributed by atoms with Crippen molar-refractivity contribution >= 4 is 0 Å². The summed E-state index contributed by atoms with van der Waals surface area (Å²) in [6, 6.07) is 9.64. The predicted molar refractivity (Wildman–Crippen MR) is 246 cm³/mol. The fourth-order valence-corrected chi connectivity index (χ4v) is 8.86. The van der Waals surface area contributed by atoms with E-state index in [9.17, 15) is 0 Å². The highest BCUT2D eigenvalue weighted by atomic mass is 15.0. The lowest BCUT2D eigenvalue weighted by atomic mass is 10.0. The van der Waals surface area contributed by atoms with Crippen molar-refractivity contribution in [1.29, 1.82) is 0 Å². The molecular weight excluding hydrogens is 681 g/mol. The zero-order valence-corrected chi connectivity index (χ0v) is 38.7. The van der Waals surface area contributed by atoms with E-state index >= 15 is 0 Å². The van der Waals surface area contributed by atoms with Crippen molar-refractivity contribution in [3.05, 3.63) is 58.2 Å². The van der Waals surface area contributed by atoms with Crippen molar-refractivity contribution in [2.45, 2.75) is 247 Å². The normalized spacial score (nSPS) is 11.6. The molecule has 4 nitrogen and oxygen atoms in total. The lowest BCUT2D eigenvalue weighted by Gasteiger charge is -2.10. The zero-order valence-electron chi connectivity index (χ0n) is 38.7. The molecular formula is C52H96N4+2. The third-order valence-corrected chi connectivity index (χ3v) is 12.2. The molecule has 0 aliphatic heterocycles. The summed E-state index contributed by atoms with van der Waals surface area (Å²) in [6.07, 6.45) is 41.4. The Hall–Kier alpha value is -1.78. The van der Waals surface area contributed by atoms with Crippen molar-refractivity contribution in [2.75, 3.05) is 26.2 Å². The van der Waals surface area contributed by atoms with Crippen LogP contribution in [0.25, 0.3) is 0 Å². The fourth-order valence-electron chi connectivity index (χ4n) is 8.86. The molecule has 0 aliphatic carbocycles. The molecule has 0 unspecified atom stereocenters. The molecule has 0 aromatic carbocycles. The van der Waals surface area contributed by atoms with Gasteiger partial charge in [0, 0.05) is 76.9 Å². The van der Waals surface area contributed by atoms with E-state index in [1.54, 1.807) is 11.4 Å². The van der Waals surface area contributed by atoms with Gasteiger partial charge in [0.1, 0.15) is 13.1 Å². The van der Waals surface area contributed by atoms with Crippen LogP contribution in [0.1, 0.15) is 228 Å². The number of aryl methyl sites for hydroxylation is 6. The minimum atomic E-state index is 1.11. The Morgan fingerprint density at radius 2 is 0.625 bits per heavy atom. The molecule has 0 atom stereocenters. The Morgan fingerprint density at radius 1 is 0.339 bits per heavy atom. The third-order valence-electron chi connectivity index (χ3n) is 12.2. The summed E-state index contributed by atoms with van der Waals surface area (Å²) in [4.78, 5) is 0. The molecule has 0 saturated heterocycles. The second kappa shape index (κ2) is 35.2. The lowest BCUT2D eigenvalue weighted by Crippen LogP contribution is -2.43. The number of nitrogens with one attached hydrogen (secondary N) is 2. The topological polar surface area (TPSA) is 31.8 Å². The maximum Gasteiger partial charge on any atom is 0.181 e. The van der Waals surface area contributed by atoms with E-state index in [-0.39, 0.29) is 0 Å². The first-order valence-corrected chi connectivity index (χ1v) is 24.9. The highest BCUT2D eigenvalue weighted by Crippen LogP contribution is 2.15. The standard InChI is InChI=1S/C52H96N4/c1-7-9-11-13-15-17-19-21-23-25-27-29-35-51-45-47(3)43-49(5)55(51)41-33-39-53-37-31-32-38-54-40-34-42-56-50(6)44-48(4)46-52(56)36-30-28-26-24-22-20-18-16-14-12-10-8-2/h43-46,53-54H,7-42H2,1-6H3/q+2. The van der Waals surface area contributed by atoms with Crippen LogP contribution >= 0.6 is 0 Å². The molecule has 0 saturated carbocycles. The summed E-state index contributed by atoms with van der Waals surface area (Å²) in [6.45, 7) is 20.5. The molecule has 2 rings (SSSR count). The van der Waals surface area contributed by atoms with Crippen LogP contribution in [0.3, 0.4) is 0 Å². The van der Waals surface area contributed by atoms with E-state index in [0.717, 1.165) is 39.3 Å². The molecule has 0 amide bonds. The number of pyridine rings is 2.